The van der Waals surface area contributed by atoms with Gasteiger partial charge < -0.3 is 5.11 Å². The molecule has 136 valence electrons. The Morgan fingerprint density at radius 3 is 2.88 bits per heavy atom. The molecule has 0 aromatic carbocycles. The molecule has 26 heavy (non-hydrogen) atoms. The molecule has 6 atom stereocenters. The van der Waals surface area contributed by atoms with Crippen molar-refractivity contribution < 1.29 is 14.7 Å². The van der Waals surface area contributed by atoms with Crippen LogP contribution in [0.25, 0.3) is 0 Å². The molecule has 2 fully saturated rings. The number of allylic oxidation sites excluding steroid dienone is 6. The fourth-order valence-corrected chi connectivity index (χ4v) is 6.43. The highest BCUT2D eigenvalue weighted by Crippen LogP contribution is 2.65. The van der Waals surface area contributed by atoms with E-state index >= 15 is 0 Å². The van der Waals surface area contributed by atoms with Crippen molar-refractivity contribution in [3.63, 3.8) is 0 Å². The minimum Gasteiger partial charge on any atom is -0.389 e. The van der Waals surface area contributed by atoms with Crippen LogP contribution in [0.5, 0.6) is 0 Å². The first-order chi connectivity index (χ1) is 12.3. The van der Waals surface area contributed by atoms with Gasteiger partial charge in [-0.3, -0.25) is 9.59 Å². The summed E-state index contributed by atoms with van der Waals surface area (Å²) in [4.78, 5) is 24.3. The Morgan fingerprint density at radius 1 is 1.42 bits per heavy atom. The number of rotatable bonds is 2. The molecule has 0 spiro atoms. The first-order valence-corrected chi connectivity index (χ1v) is 9.59. The zero-order chi connectivity index (χ0) is 18.7. The van der Waals surface area contributed by atoms with Crippen LogP contribution in [0.1, 0.15) is 39.5 Å². The highest BCUT2D eigenvalue weighted by atomic mass is 16.3. The van der Waals surface area contributed by atoms with Crippen molar-refractivity contribution in [2.24, 2.45) is 34.5 Å². The highest BCUT2D eigenvalue weighted by Gasteiger charge is 2.59. The van der Waals surface area contributed by atoms with E-state index in [2.05, 4.69) is 31.9 Å². The molecule has 0 aromatic heterocycles. The molecular formula is C23H26O3. The summed E-state index contributed by atoms with van der Waals surface area (Å²) >= 11 is 0. The van der Waals surface area contributed by atoms with Gasteiger partial charge in [-0.25, -0.2) is 0 Å². The van der Waals surface area contributed by atoms with Crippen LogP contribution in [-0.4, -0.2) is 23.3 Å². The summed E-state index contributed by atoms with van der Waals surface area (Å²) in [5, 5.41) is 9.48. The van der Waals surface area contributed by atoms with Crippen LogP contribution in [0.4, 0.5) is 0 Å². The number of Topliss-reactive ketones (excluding diaryl/α,β-unsaturated/α-hetero) is 1. The molecule has 0 aromatic rings. The number of aliphatic hydroxyl groups excluding tert-OH is 1. The van der Waals surface area contributed by atoms with Crippen molar-refractivity contribution in [1.29, 1.82) is 0 Å². The van der Waals surface area contributed by atoms with E-state index in [0.717, 1.165) is 25.7 Å². The Hall–Kier alpha value is -1.92. The summed E-state index contributed by atoms with van der Waals surface area (Å²) in [7, 11) is 0. The van der Waals surface area contributed by atoms with Gasteiger partial charge in [0, 0.05) is 17.3 Å². The third kappa shape index (κ3) is 2.18. The largest absolute Gasteiger partial charge is 0.389 e. The highest BCUT2D eigenvalue weighted by molar-refractivity contribution is 6.01. The van der Waals surface area contributed by atoms with Crippen molar-refractivity contribution in [1.82, 2.24) is 0 Å². The topological polar surface area (TPSA) is 54.4 Å². The molecule has 3 nitrogen and oxygen atoms in total. The van der Waals surface area contributed by atoms with E-state index in [-0.39, 0.29) is 34.2 Å². The number of aliphatic hydroxyl groups is 1. The average molecular weight is 350 g/mol. The Bertz CT molecular complexity index is 808. The standard InChI is InChI=1S/C23H26O3/c1-4-14-11-19-17-6-5-15-12-16(25)7-9-22(15,2)18(17)8-10-23(19,3)21(14)20(26)13-24/h1,7-9,12,14,17,19,21,24H,5-6,10-11,13H2,2-3H3/t14-,17?,19?,21-,22+,23+/m1/s1. The molecule has 2 saturated carbocycles. The molecule has 0 saturated heterocycles. The molecule has 4 rings (SSSR count). The monoisotopic (exact) mass is 350 g/mol. The number of ketones is 2. The molecule has 0 amide bonds. The molecule has 2 unspecified atom stereocenters. The van der Waals surface area contributed by atoms with Crippen LogP contribution >= 0.6 is 0 Å². The van der Waals surface area contributed by atoms with Crippen molar-refractivity contribution in [3.8, 4) is 12.3 Å². The molecular weight excluding hydrogens is 324 g/mol. The van der Waals surface area contributed by atoms with E-state index < -0.39 is 6.61 Å². The maximum atomic E-state index is 12.5. The molecule has 3 heteroatoms. The normalized spacial score (nSPS) is 43.5. The first-order valence-electron chi connectivity index (χ1n) is 9.59. The van der Waals surface area contributed by atoms with Crippen LogP contribution in [0.2, 0.25) is 0 Å². The van der Waals surface area contributed by atoms with Gasteiger partial charge in [0.1, 0.15) is 6.61 Å². The van der Waals surface area contributed by atoms with Gasteiger partial charge in [-0.05, 0) is 62.0 Å². The van der Waals surface area contributed by atoms with Crippen LogP contribution in [0.3, 0.4) is 0 Å². The SMILES string of the molecule is C#C[C@@H]1CC2C3CCC4=CC(=O)C=C[C@]4(C)C3=CC[C@]2(C)[C@H]1C(=O)CO. The van der Waals surface area contributed by atoms with Crippen molar-refractivity contribution in [2.45, 2.75) is 39.5 Å². The predicted octanol–water partition coefficient (Wildman–Crippen LogP) is 3.25. The molecule has 0 heterocycles. The van der Waals surface area contributed by atoms with E-state index in [9.17, 15) is 14.7 Å². The van der Waals surface area contributed by atoms with Gasteiger partial charge in [0.2, 0.25) is 0 Å². The lowest BCUT2D eigenvalue weighted by Gasteiger charge is -2.52. The summed E-state index contributed by atoms with van der Waals surface area (Å²) in [5.41, 5.74) is 2.25. The average Bonchev–Trinajstić information content (AvgIpc) is 2.94. The van der Waals surface area contributed by atoms with Crippen LogP contribution in [0.15, 0.2) is 35.5 Å². The maximum absolute atomic E-state index is 12.5. The number of carbonyl (C=O) groups excluding carboxylic acids is 2. The lowest BCUT2D eigenvalue weighted by molar-refractivity contribution is -0.130. The zero-order valence-corrected chi connectivity index (χ0v) is 15.5. The van der Waals surface area contributed by atoms with Gasteiger partial charge in [0.25, 0.3) is 0 Å². The zero-order valence-electron chi connectivity index (χ0n) is 15.5. The maximum Gasteiger partial charge on any atom is 0.178 e. The van der Waals surface area contributed by atoms with Gasteiger partial charge in [-0.2, -0.15) is 0 Å². The van der Waals surface area contributed by atoms with Crippen molar-refractivity contribution in [3.05, 3.63) is 35.5 Å². The summed E-state index contributed by atoms with van der Waals surface area (Å²) in [6, 6.07) is 0. The molecule has 0 aliphatic heterocycles. The first kappa shape index (κ1) is 17.5. The van der Waals surface area contributed by atoms with Gasteiger partial charge in [0.05, 0.1) is 0 Å². The fraction of sp³-hybridized carbons (Fsp3) is 0.565. The van der Waals surface area contributed by atoms with E-state index in [1.165, 1.54) is 11.1 Å². The van der Waals surface area contributed by atoms with Crippen LogP contribution in [-0.2, 0) is 9.59 Å². The molecule has 0 radical (unpaired) electrons. The third-order valence-corrected chi connectivity index (χ3v) is 7.72. The predicted molar refractivity (Wildman–Crippen MR) is 99.9 cm³/mol. The Labute approximate surface area is 155 Å². The number of terminal acetylenes is 1. The minimum atomic E-state index is -0.429. The van der Waals surface area contributed by atoms with Crippen LogP contribution < -0.4 is 0 Å². The second kappa shape index (κ2) is 5.79. The second-order valence-electron chi connectivity index (χ2n) is 8.84. The van der Waals surface area contributed by atoms with Gasteiger partial charge >= 0.3 is 0 Å². The quantitative estimate of drug-likeness (QED) is 0.614. The molecule has 4 aliphatic rings. The summed E-state index contributed by atoms with van der Waals surface area (Å²) < 4.78 is 0. The second-order valence-corrected chi connectivity index (χ2v) is 8.84. The Kier molecular flexibility index (Phi) is 3.90. The summed E-state index contributed by atoms with van der Waals surface area (Å²) in [5.74, 6) is 3.22. The minimum absolute atomic E-state index is 0.0824. The molecule has 0 bridgehead atoms. The number of hydrogen-bond donors (Lipinski definition) is 1. The lowest BCUT2D eigenvalue weighted by atomic mass is 9.52. The Morgan fingerprint density at radius 2 is 2.19 bits per heavy atom. The van der Waals surface area contributed by atoms with E-state index in [4.69, 9.17) is 6.42 Å². The number of carbonyl (C=O) groups is 2. The van der Waals surface area contributed by atoms with Crippen LogP contribution in [0, 0.1) is 46.8 Å². The number of fused-ring (bicyclic) bond motifs is 5. The third-order valence-electron chi connectivity index (χ3n) is 7.72. The summed E-state index contributed by atoms with van der Waals surface area (Å²) in [6.07, 6.45) is 17.2. The van der Waals surface area contributed by atoms with Gasteiger partial charge in [0.15, 0.2) is 11.6 Å². The number of hydrogen-bond acceptors (Lipinski definition) is 3. The molecule has 4 aliphatic carbocycles. The summed E-state index contributed by atoms with van der Waals surface area (Å²) in [6.45, 7) is 3.97. The smallest absolute Gasteiger partial charge is 0.178 e. The van der Waals surface area contributed by atoms with Gasteiger partial charge in [-0.1, -0.05) is 30.2 Å². The fourth-order valence-electron chi connectivity index (χ4n) is 6.43. The van der Waals surface area contributed by atoms with Crippen molar-refractivity contribution >= 4 is 11.6 Å². The van der Waals surface area contributed by atoms with Crippen molar-refractivity contribution in [2.75, 3.05) is 6.61 Å². The molecule has 1 N–H and O–H groups in total. The van der Waals surface area contributed by atoms with Gasteiger partial charge in [-0.15, -0.1) is 12.3 Å². The Balaban J connectivity index is 1.77. The van der Waals surface area contributed by atoms with E-state index in [1.807, 2.05) is 6.08 Å². The van der Waals surface area contributed by atoms with E-state index in [1.54, 1.807) is 6.08 Å². The van der Waals surface area contributed by atoms with E-state index in [0.29, 0.717) is 11.8 Å². The lowest BCUT2D eigenvalue weighted by Crippen LogP contribution is -2.45.